The zero-order valence-electron chi connectivity index (χ0n) is 69.3. The zero-order valence-corrected chi connectivity index (χ0v) is 69.3. The highest BCUT2D eigenvalue weighted by Gasteiger charge is 2.67. The Labute approximate surface area is 777 Å². The summed E-state index contributed by atoms with van der Waals surface area (Å²) in [5.41, 5.74) is -44.4. The van der Waals surface area contributed by atoms with Gasteiger partial charge in [0, 0.05) is 83.5 Å². The molecule has 11 aliphatic rings. The van der Waals surface area contributed by atoms with Gasteiger partial charge in [0.2, 0.25) is 63.3 Å². The Kier molecular flexibility index (Phi) is 19.9. The Hall–Kier alpha value is -19.3. The first-order chi connectivity index (χ1) is 66.7. The highest BCUT2D eigenvalue weighted by molar-refractivity contribution is 6.20. The third-order valence-corrected chi connectivity index (χ3v) is 25.5. The largest absolute Gasteiger partial charge is 0.504 e. The van der Waals surface area contributed by atoms with E-state index in [1.165, 1.54) is 0 Å². The van der Waals surface area contributed by atoms with Crippen LogP contribution < -0.4 is 0 Å². The molecule has 14 atom stereocenters. The van der Waals surface area contributed by atoms with Crippen LogP contribution in [0.5, 0.6) is 172 Å². The number of carbonyl (C=O) groups excluding carboxylic acids is 10. The molecular weight excluding hydrogens is 1920 g/mol. The van der Waals surface area contributed by atoms with Gasteiger partial charge in [-0.05, 0) is 30.3 Å². The van der Waals surface area contributed by atoms with E-state index >= 15 is 47.9 Å². The second-order valence-electron chi connectivity index (χ2n) is 32.9. The molecule has 1 fully saturated rings. The van der Waals surface area contributed by atoms with Crippen molar-refractivity contribution in [3.05, 3.63) is 103 Å². The Morgan fingerprint density at radius 1 is 0.218 bits per heavy atom. The molecule has 0 spiro atoms. The number of cyclic esters (lactones) is 2. The van der Waals surface area contributed by atoms with Gasteiger partial charge in [0.1, 0.15) is 31.5 Å². The Morgan fingerprint density at radius 3 is 0.817 bits per heavy atom. The minimum absolute atomic E-state index is 0.0391. The van der Waals surface area contributed by atoms with E-state index in [2.05, 4.69) is 0 Å². The van der Waals surface area contributed by atoms with Gasteiger partial charge < -0.3 is 226 Å². The monoisotopic (exact) mass is 1980 g/mol. The van der Waals surface area contributed by atoms with Gasteiger partial charge in [-0.3, -0.25) is 0 Å². The quantitative estimate of drug-likeness (QED) is 0.0649. The first-order valence-electron chi connectivity index (χ1n) is 40.1. The second-order valence-corrected chi connectivity index (χ2v) is 32.9. The third kappa shape index (κ3) is 12.2. The molecule has 736 valence electrons. The van der Waals surface area contributed by atoms with Crippen LogP contribution in [0.3, 0.4) is 0 Å². The summed E-state index contributed by atoms with van der Waals surface area (Å²) in [7, 11) is 0. The molecule has 142 heavy (non-hydrogen) atoms. The number of ether oxygens (including phenoxy) is 11. The van der Waals surface area contributed by atoms with Gasteiger partial charge in [-0.1, -0.05) is 0 Å². The van der Waals surface area contributed by atoms with Crippen LogP contribution in [0.2, 0.25) is 0 Å². The molecule has 0 radical (unpaired) electrons. The number of aromatic hydroxyl groups is 30. The summed E-state index contributed by atoms with van der Waals surface area (Å²) < 4.78 is 65.0. The van der Waals surface area contributed by atoms with Crippen molar-refractivity contribution >= 4 is 59.7 Å². The minimum atomic E-state index is -4.09. The van der Waals surface area contributed by atoms with E-state index < -0.39 is 476 Å². The highest BCUT2D eigenvalue weighted by Crippen LogP contribution is 2.69. The lowest BCUT2D eigenvalue weighted by molar-refractivity contribution is -0.341. The van der Waals surface area contributed by atoms with Crippen LogP contribution in [0.15, 0.2) is 30.3 Å². The van der Waals surface area contributed by atoms with E-state index in [1.807, 2.05) is 0 Å². The number of rotatable bonds is 2. The van der Waals surface area contributed by atoms with Crippen molar-refractivity contribution in [1.29, 1.82) is 0 Å². The number of carbonyl (C=O) groups is 10. The molecule has 0 amide bonds. The van der Waals surface area contributed by atoms with Crippen LogP contribution in [0.4, 0.5) is 0 Å². The normalized spacial score (nSPS) is 23.5. The minimum Gasteiger partial charge on any atom is -0.504 e. The maximum atomic E-state index is 17.1. The Balaban J connectivity index is 0.930. The fourth-order valence-electron chi connectivity index (χ4n) is 19.1. The van der Waals surface area contributed by atoms with Crippen molar-refractivity contribution in [2.45, 2.75) is 84.8 Å². The molecule has 55 nitrogen and oxygen atoms in total. The smallest absolute Gasteiger partial charge is 0.340 e. The van der Waals surface area contributed by atoms with Gasteiger partial charge in [0.25, 0.3) is 0 Å². The van der Waals surface area contributed by atoms with Crippen molar-refractivity contribution in [3.8, 4) is 239 Å². The van der Waals surface area contributed by atoms with Crippen LogP contribution in [-0.2, 0) is 52.1 Å². The molecule has 55 heteroatoms. The van der Waals surface area contributed by atoms with Crippen molar-refractivity contribution in [1.82, 2.24) is 0 Å². The summed E-state index contributed by atoms with van der Waals surface area (Å²) in [6.07, 6.45) is -36.6. The average molecular weight is 1980 g/mol. The first kappa shape index (κ1) is 91.8. The van der Waals surface area contributed by atoms with Gasteiger partial charge in [-0.25, -0.2) is 47.9 Å². The van der Waals surface area contributed by atoms with Gasteiger partial charge in [-0.2, -0.15) is 0 Å². The second kappa shape index (κ2) is 30.9. The molecule has 21 rings (SSSR count). The topological polar surface area (TPSA) is 960 Å². The number of aliphatic hydroxyl groups excluding tert-OH is 3. The fraction of sp³-hybridized carbons (Fsp3) is 0.195. The molecule has 0 unspecified atom stereocenters. The molecule has 10 aromatic carbocycles. The Bertz CT molecular complexity index is 7630. The zero-order chi connectivity index (χ0) is 103. The summed E-state index contributed by atoms with van der Waals surface area (Å²) in [5, 5.41) is 408. The van der Waals surface area contributed by atoms with E-state index in [0.717, 1.165) is 0 Å². The summed E-state index contributed by atoms with van der Waals surface area (Å²) in [6, 6.07) is 0.287. The molecule has 11 aliphatic heterocycles. The van der Waals surface area contributed by atoms with Crippen LogP contribution in [0.25, 0.3) is 66.8 Å². The number of hydrogen-bond donors (Lipinski definition) is 34. The van der Waals surface area contributed by atoms with Crippen LogP contribution >= 0.6 is 0 Å². The summed E-state index contributed by atoms with van der Waals surface area (Å²) >= 11 is 0. The maximum Gasteiger partial charge on any atom is 0.340 e. The van der Waals surface area contributed by atoms with Crippen molar-refractivity contribution in [3.63, 3.8) is 0 Å². The van der Waals surface area contributed by atoms with Crippen molar-refractivity contribution in [2.75, 3.05) is 19.8 Å². The van der Waals surface area contributed by atoms with Gasteiger partial charge >= 0.3 is 59.7 Å². The Morgan fingerprint density at radius 2 is 0.458 bits per heavy atom. The lowest BCUT2D eigenvalue weighted by Gasteiger charge is -2.51. The lowest BCUT2D eigenvalue weighted by Crippen LogP contribution is -2.68. The molecule has 1 saturated heterocycles. The number of fused-ring (bicyclic) bond motifs is 14. The third-order valence-electron chi connectivity index (χ3n) is 25.5. The number of hydrogen-bond acceptors (Lipinski definition) is 55. The first-order valence-corrected chi connectivity index (χ1v) is 40.1. The number of benzene rings is 10. The van der Waals surface area contributed by atoms with Crippen molar-refractivity contribution in [2.24, 2.45) is 0 Å². The average Bonchev–Trinajstić information content (AvgIpc) is 1.06. The maximum absolute atomic E-state index is 17.1. The molecule has 0 aromatic heterocycles. The molecule has 11 heterocycles. The van der Waals surface area contributed by atoms with Crippen LogP contribution in [-0.4, -0.2) is 326 Å². The van der Waals surface area contributed by atoms with Gasteiger partial charge in [0.05, 0.1) is 74.1 Å². The van der Waals surface area contributed by atoms with E-state index in [-0.39, 0.29) is 30.3 Å². The molecule has 34 N–H and O–H groups in total. The number of aliphatic hydroxyl groups is 4. The summed E-state index contributed by atoms with van der Waals surface area (Å²) in [6.45, 7) is -5.85. The van der Waals surface area contributed by atoms with E-state index in [0.29, 0.717) is 0 Å². The molecule has 10 aromatic rings. The number of phenolic OH excluding ortho intramolecular Hbond substituents is 30. The number of esters is 10. The standard InChI is InChI=1S/C87H58O55/c88-14-1-9-22(50(100)44(14)94)23-10(2-15(89)45(95)51(23)101)80(124)137-70-20(7-132-77(9)121)135-78(122)11-3-16(90)46(96)52(102)24(11)28-38-30(58(108)65(115)56(28)106)31-40-35(63(113)68(118)59(31)109)36(72(139-83(40)127)74(70)141-84(38)128)34-37-27(55(105)67(117)62(34)112)26-13(5-18(92)48(98)54(26)104)81(125)138-71-21(8-133-82(37)126)136-79(123)12-4-17(91)47(97)53(103)25(12)29-39-32(60(110)66(116)57(29)107)33-41-42(64(114)69(119)61(33)111)43(73(140-86(41)130)75(71)142-85(39)129)87(131)76(120)49(99)19(93)6-134-87/h1-5,19-21,36,43,49,70-76,88-120,131H,6-8H2/t19-,20-,21-,36-,43-,49+,70-,71-,72+,73+,74+,75+,76-,87+/m1/s1. The summed E-state index contributed by atoms with van der Waals surface area (Å²) in [4.78, 5) is 161. The lowest BCUT2D eigenvalue weighted by atomic mass is 9.71. The molecule has 0 saturated carbocycles. The van der Waals surface area contributed by atoms with Crippen molar-refractivity contribution < 1.29 is 274 Å². The van der Waals surface area contributed by atoms with E-state index in [1.54, 1.807) is 0 Å². The summed E-state index contributed by atoms with van der Waals surface area (Å²) in [5.74, 6) is -94.2. The predicted octanol–water partition coefficient (Wildman–Crippen LogP) is 0.900. The fourth-order valence-corrected chi connectivity index (χ4v) is 19.1. The molecular formula is C87H58O55. The highest BCUT2D eigenvalue weighted by atomic mass is 16.7. The van der Waals surface area contributed by atoms with Crippen LogP contribution in [0.1, 0.15) is 132 Å². The SMILES string of the molecule is O=C1OC[C@H]2OC(=O)c3cc(O)c(O)c(O)c3-c3c(O)c(O)c(O)c4c3C(=O)O[C@H]([C@H]3OC(=O)c5c-4c(O)c(O)c(O)c5[C@H]3c3c(O)c(O)c(O)c4c3C(=O)OC[C@H]3OC(=O)c5cc(O)c(O)c(O)c5-c5c(O)c(O)c(O)c6c5C(=O)O[C@H]([C@H]5OC(=O)c7c-6c(O)c(O)c(O)c7[C@H]5[C@]5(O)OC[C@@H](O)[C@H](O)[C@H]5O)[C@@H]3OC(=O)c3cc(O)c(O)c(O)c3-4)[C@@H]2OC(=O)c2cc(O)c(O)c(O)c2-c2c1cc(O)c(O)c2O. The van der Waals surface area contributed by atoms with Crippen LogP contribution in [0, 0.1) is 0 Å². The van der Waals surface area contributed by atoms with E-state index in [9.17, 15) is 174 Å². The van der Waals surface area contributed by atoms with E-state index in [4.69, 9.17) is 52.1 Å². The van der Waals surface area contributed by atoms with Gasteiger partial charge in [0.15, 0.2) is 164 Å². The number of phenols is 30. The predicted molar refractivity (Wildman–Crippen MR) is 436 cm³/mol. The molecule has 0 aliphatic carbocycles. The van der Waals surface area contributed by atoms with Gasteiger partial charge in [-0.15, -0.1) is 0 Å². The molecule has 12 bridgehead atoms.